The third-order valence-corrected chi connectivity index (χ3v) is 5.66. The van der Waals surface area contributed by atoms with Gasteiger partial charge in [0.05, 0.1) is 13.2 Å². The molecule has 0 unspecified atom stereocenters. The van der Waals surface area contributed by atoms with Crippen LogP contribution in [-0.2, 0) is 4.74 Å². The van der Waals surface area contributed by atoms with Crippen molar-refractivity contribution in [2.45, 2.75) is 31.8 Å². The van der Waals surface area contributed by atoms with Crippen molar-refractivity contribution in [1.82, 2.24) is 4.90 Å². The summed E-state index contributed by atoms with van der Waals surface area (Å²) in [7, 11) is 0. The molecule has 2 fully saturated rings. The normalized spacial score (nSPS) is 20.2. The lowest BCUT2D eigenvalue weighted by Crippen LogP contribution is -2.44. The topological polar surface area (TPSA) is 65.0 Å². The number of carbonyl (C=O) groups excluding carboxylic acids is 1. The third kappa shape index (κ3) is 5.01. The van der Waals surface area contributed by atoms with Crippen LogP contribution in [0.25, 0.3) is 0 Å². The van der Waals surface area contributed by atoms with E-state index >= 15 is 0 Å². The Labute approximate surface area is 172 Å². The van der Waals surface area contributed by atoms with E-state index in [9.17, 15) is 9.90 Å². The molecule has 0 saturated carbocycles. The highest BCUT2D eigenvalue weighted by atomic mass is 16.5. The molecule has 29 heavy (non-hydrogen) atoms. The molecule has 2 N–H and O–H groups in total. The van der Waals surface area contributed by atoms with Gasteiger partial charge in [0.1, 0.15) is 11.9 Å². The number of ether oxygens (including phenoxy) is 1. The lowest BCUT2D eigenvalue weighted by Gasteiger charge is -2.33. The summed E-state index contributed by atoms with van der Waals surface area (Å²) in [5, 5.41) is 12.8. The number of nitrogens with zero attached hydrogens (tertiary/aromatic N) is 2. The predicted octanol–water partition coefficient (Wildman–Crippen LogP) is 4.38. The maximum atomic E-state index is 12.9. The summed E-state index contributed by atoms with van der Waals surface area (Å²) in [6, 6.07) is 15.0. The van der Waals surface area contributed by atoms with Gasteiger partial charge < -0.3 is 25.0 Å². The summed E-state index contributed by atoms with van der Waals surface area (Å²) in [4.78, 5) is 17.0. The first-order valence-corrected chi connectivity index (χ1v) is 10.5. The van der Waals surface area contributed by atoms with Gasteiger partial charge in [-0.05, 0) is 48.7 Å². The zero-order valence-corrected chi connectivity index (χ0v) is 16.7. The summed E-state index contributed by atoms with van der Waals surface area (Å²) in [6.07, 6.45) is 4.81. The molecule has 2 amide bonds. The van der Waals surface area contributed by atoms with Crippen LogP contribution in [0.15, 0.2) is 48.5 Å². The summed E-state index contributed by atoms with van der Waals surface area (Å²) in [6.45, 7) is 3.63. The highest BCUT2D eigenvalue weighted by Crippen LogP contribution is 2.26. The Hall–Kier alpha value is -2.73. The average molecular weight is 396 g/mol. The molecule has 2 aromatic rings. The number of anilines is 2. The van der Waals surface area contributed by atoms with E-state index in [0.717, 1.165) is 24.3 Å². The second-order valence-corrected chi connectivity index (χ2v) is 7.78. The van der Waals surface area contributed by atoms with Crippen LogP contribution in [0.2, 0.25) is 0 Å². The van der Waals surface area contributed by atoms with Gasteiger partial charge in [0.2, 0.25) is 0 Å². The van der Waals surface area contributed by atoms with Gasteiger partial charge in [-0.25, -0.2) is 4.79 Å². The molecule has 2 heterocycles. The second kappa shape index (κ2) is 9.18. The van der Waals surface area contributed by atoms with E-state index in [1.54, 1.807) is 23.1 Å². The third-order valence-electron chi connectivity index (χ3n) is 5.66. The number of phenolic OH excluding ortho intramolecular Hbond substituents is 1. The fourth-order valence-corrected chi connectivity index (χ4v) is 4.07. The molecule has 0 bridgehead atoms. The minimum atomic E-state index is -0.231. The molecular weight excluding hydrogens is 366 g/mol. The number of hydrogen-bond donors (Lipinski definition) is 2. The van der Waals surface area contributed by atoms with Crippen LogP contribution < -0.4 is 10.2 Å². The maximum absolute atomic E-state index is 12.9. The van der Waals surface area contributed by atoms with Crippen LogP contribution in [0, 0.1) is 0 Å². The molecule has 6 heteroatoms. The molecule has 4 rings (SSSR count). The number of morpholine rings is 1. The first-order chi connectivity index (χ1) is 14.2. The number of amides is 2. The molecule has 2 aliphatic rings. The standard InChI is InChI=1S/C23H29N3O3/c27-21-10-5-7-18(15-21)22-17-26(13-14-29-22)23(28)24-19-8-6-9-20(16-19)25-11-3-1-2-4-12-25/h5-10,15-16,22,27H,1-4,11-14,17H2,(H,24,28)/t22-/m1/s1. The summed E-state index contributed by atoms with van der Waals surface area (Å²) in [5.74, 6) is 0.206. The van der Waals surface area contributed by atoms with Gasteiger partial charge in [-0.2, -0.15) is 0 Å². The monoisotopic (exact) mass is 395 g/mol. The van der Waals surface area contributed by atoms with Gasteiger partial charge in [-0.1, -0.05) is 31.0 Å². The number of hydrogen-bond acceptors (Lipinski definition) is 4. The van der Waals surface area contributed by atoms with Crippen LogP contribution in [0.1, 0.15) is 37.4 Å². The number of benzene rings is 2. The number of rotatable bonds is 3. The molecular formula is C23H29N3O3. The quantitative estimate of drug-likeness (QED) is 0.810. The van der Waals surface area contributed by atoms with E-state index in [-0.39, 0.29) is 17.9 Å². The molecule has 2 aromatic carbocycles. The van der Waals surface area contributed by atoms with Crippen molar-refractivity contribution in [3.63, 3.8) is 0 Å². The average Bonchev–Trinajstić information content (AvgIpc) is 3.04. The minimum absolute atomic E-state index is 0.119. The Kier molecular flexibility index (Phi) is 6.20. The van der Waals surface area contributed by atoms with Crippen LogP contribution in [-0.4, -0.2) is 48.8 Å². The van der Waals surface area contributed by atoms with E-state index in [1.165, 1.54) is 31.4 Å². The smallest absolute Gasteiger partial charge is 0.322 e. The fraction of sp³-hybridized carbons (Fsp3) is 0.435. The Morgan fingerprint density at radius 3 is 2.59 bits per heavy atom. The first-order valence-electron chi connectivity index (χ1n) is 10.5. The lowest BCUT2D eigenvalue weighted by molar-refractivity contribution is -0.0135. The SMILES string of the molecule is O=C(Nc1cccc(N2CCCCCC2)c1)N1CCO[C@@H](c2cccc(O)c2)C1. The van der Waals surface area contributed by atoms with Crippen molar-refractivity contribution in [2.75, 3.05) is 43.0 Å². The zero-order chi connectivity index (χ0) is 20.1. The van der Waals surface area contributed by atoms with Crippen LogP contribution in [0.5, 0.6) is 5.75 Å². The molecule has 0 spiro atoms. The predicted molar refractivity (Wildman–Crippen MR) is 115 cm³/mol. The largest absolute Gasteiger partial charge is 0.508 e. The molecule has 2 aliphatic heterocycles. The first kappa shape index (κ1) is 19.6. The van der Waals surface area contributed by atoms with Crippen molar-refractivity contribution in [3.05, 3.63) is 54.1 Å². The zero-order valence-electron chi connectivity index (χ0n) is 16.7. The van der Waals surface area contributed by atoms with Crippen molar-refractivity contribution < 1.29 is 14.6 Å². The second-order valence-electron chi connectivity index (χ2n) is 7.78. The van der Waals surface area contributed by atoms with Gasteiger partial charge in [-0.15, -0.1) is 0 Å². The number of urea groups is 1. The molecule has 6 nitrogen and oxygen atoms in total. The van der Waals surface area contributed by atoms with Crippen LogP contribution in [0.3, 0.4) is 0 Å². The Balaban J connectivity index is 1.40. The van der Waals surface area contributed by atoms with Crippen molar-refractivity contribution >= 4 is 17.4 Å². The van der Waals surface area contributed by atoms with Crippen LogP contribution >= 0.6 is 0 Å². The molecule has 0 aromatic heterocycles. The number of carbonyl (C=O) groups is 1. The fourth-order valence-electron chi connectivity index (χ4n) is 4.07. The van der Waals surface area contributed by atoms with Crippen molar-refractivity contribution in [2.24, 2.45) is 0 Å². The van der Waals surface area contributed by atoms with E-state index in [2.05, 4.69) is 22.3 Å². The van der Waals surface area contributed by atoms with Crippen molar-refractivity contribution in [3.8, 4) is 5.75 Å². The Morgan fingerprint density at radius 2 is 1.79 bits per heavy atom. The van der Waals surface area contributed by atoms with Gasteiger partial charge >= 0.3 is 6.03 Å². The van der Waals surface area contributed by atoms with Gasteiger partial charge in [-0.3, -0.25) is 0 Å². The Morgan fingerprint density at radius 1 is 1.00 bits per heavy atom. The highest BCUT2D eigenvalue weighted by molar-refractivity contribution is 5.90. The molecule has 0 radical (unpaired) electrons. The molecule has 1 atom stereocenters. The van der Waals surface area contributed by atoms with E-state index in [1.807, 2.05) is 18.2 Å². The minimum Gasteiger partial charge on any atom is -0.508 e. The van der Waals surface area contributed by atoms with E-state index in [4.69, 9.17) is 4.74 Å². The van der Waals surface area contributed by atoms with Gasteiger partial charge in [0.15, 0.2) is 0 Å². The van der Waals surface area contributed by atoms with E-state index in [0.29, 0.717) is 19.7 Å². The number of nitrogens with one attached hydrogen (secondary N) is 1. The number of phenols is 1. The lowest BCUT2D eigenvalue weighted by atomic mass is 10.1. The highest BCUT2D eigenvalue weighted by Gasteiger charge is 2.26. The molecule has 154 valence electrons. The van der Waals surface area contributed by atoms with Crippen molar-refractivity contribution in [1.29, 1.82) is 0 Å². The van der Waals surface area contributed by atoms with Gasteiger partial charge in [0.25, 0.3) is 0 Å². The van der Waals surface area contributed by atoms with Gasteiger partial charge in [0, 0.05) is 31.0 Å². The van der Waals surface area contributed by atoms with Crippen LogP contribution in [0.4, 0.5) is 16.2 Å². The summed E-state index contributed by atoms with van der Waals surface area (Å²) < 4.78 is 5.82. The molecule has 0 aliphatic carbocycles. The summed E-state index contributed by atoms with van der Waals surface area (Å²) in [5.41, 5.74) is 2.87. The molecule has 2 saturated heterocycles. The number of aromatic hydroxyl groups is 1. The summed E-state index contributed by atoms with van der Waals surface area (Å²) >= 11 is 0. The Bertz CT molecular complexity index is 834. The van der Waals surface area contributed by atoms with E-state index < -0.39 is 0 Å². The maximum Gasteiger partial charge on any atom is 0.322 e.